The largest absolute Gasteiger partial charge is 0.337 e. The molecule has 6 heteroatoms. The van der Waals surface area contributed by atoms with E-state index < -0.39 is 0 Å². The molecule has 2 rings (SSSR count). The smallest absolute Gasteiger partial charge is 0.243 e. The molecule has 14 heavy (non-hydrogen) atoms. The number of rotatable bonds is 2. The van der Waals surface area contributed by atoms with Crippen LogP contribution >= 0.6 is 0 Å². The van der Waals surface area contributed by atoms with Gasteiger partial charge in [-0.15, -0.1) is 0 Å². The Morgan fingerprint density at radius 3 is 2.86 bits per heavy atom. The van der Waals surface area contributed by atoms with Crippen LogP contribution in [-0.4, -0.2) is 19.9 Å². The van der Waals surface area contributed by atoms with E-state index in [1.54, 1.807) is 17.8 Å². The molecule has 0 spiro atoms. The highest BCUT2D eigenvalue weighted by Gasteiger charge is 2.12. The fourth-order valence-corrected chi connectivity index (χ4v) is 1.07. The second-order valence-corrected chi connectivity index (χ2v) is 3.15. The quantitative estimate of drug-likeness (QED) is 0.750. The van der Waals surface area contributed by atoms with Crippen LogP contribution in [0.15, 0.2) is 16.9 Å². The van der Waals surface area contributed by atoms with Crippen molar-refractivity contribution in [2.75, 3.05) is 0 Å². The van der Waals surface area contributed by atoms with Gasteiger partial charge in [-0.1, -0.05) is 5.16 Å². The standard InChI is InChI=1S/C8H11N5O/c1-5(9)8-11-7(12-14-8)6-3-10-13(2)4-6/h3-5H,9H2,1-2H3/t5-/m0/s1. The van der Waals surface area contributed by atoms with E-state index in [9.17, 15) is 0 Å². The van der Waals surface area contributed by atoms with Gasteiger partial charge in [0.2, 0.25) is 11.7 Å². The van der Waals surface area contributed by atoms with Gasteiger partial charge >= 0.3 is 0 Å². The van der Waals surface area contributed by atoms with Crippen molar-refractivity contribution < 1.29 is 4.52 Å². The molecule has 2 heterocycles. The number of nitrogens with zero attached hydrogens (tertiary/aromatic N) is 4. The highest BCUT2D eigenvalue weighted by molar-refractivity contribution is 5.50. The third kappa shape index (κ3) is 1.51. The highest BCUT2D eigenvalue weighted by Crippen LogP contribution is 2.16. The molecular weight excluding hydrogens is 182 g/mol. The molecule has 1 atom stereocenters. The van der Waals surface area contributed by atoms with Crippen LogP contribution < -0.4 is 5.73 Å². The van der Waals surface area contributed by atoms with Crippen LogP contribution in [0.25, 0.3) is 11.4 Å². The minimum absolute atomic E-state index is 0.243. The lowest BCUT2D eigenvalue weighted by molar-refractivity contribution is 0.362. The summed E-state index contributed by atoms with van der Waals surface area (Å²) in [6.45, 7) is 1.79. The minimum Gasteiger partial charge on any atom is -0.337 e. The molecule has 0 bridgehead atoms. The summed E-state index contributed by atoms with van der Waals surface area (Å²) in [6, 6.07) is -0.243. The van der Waals surface area contributed by atoms with Crippen LogP contribution in [0.3, 0.4) is 0 Å². The van der Waals surface area contributed by atoms with Gasteiger partial charge in [-0.3, -0.25) is 4.68 Å². The Kier molecular flexibility index (Phi) is 2.05. The molecule has 74 valence electrons. The molecule has 0 unspecified atom stereocenters. The zero-order valence-electron chi connectivity index (χ0n) is 8.01. The molecule has 0 saturated carbocycles. The fraction of sp³-hybridized carbons (Fsp3) is 0.375. The molecule has 0 aliphatic rings. The average molecular weight is 193 g/mol. The zero-order valence-corrected chi connectivity index (χ0v) is 8.01. The van der Waals surface area contributed by atoms with Gasteiger partial charge in [0.1, 0.15) is 0 Å². The number of aryl methyl sites for hydroxylation is 1. The first-order valence-corrected chi connectivity index (χ1v) is 4.25. The lowest BCUT2D eigenvalue weighted by atomic mass is 10.3. The number of aromatic nitrogens is 4. The van der Waals surface area contributed by atoms with E-state index in [1.807, 2.05) is 13.2 Å². The first kappa shape index (κ1) is 8.89. The maximum atomic E-state index is 5.59. The van der Waals surface area contributed by atoms with Gasteiger partial charge in [-0.05, 0) is 6.92 Å². The van der Waals surface area contributed by atoms with Gasteiger partial charge in [0.05, 0.1) is 17.8 Å². The average Bonchev–Trinajstić information content (AvgIpc) is 2.70. The highest BCUT2D eigenvalue weighted by atomic mass is 16.5. The van der Waals surface area contributed by atoms with Crippen molar-refractivity contribution in [3.05, 3.63) is 18.3 Å². The Balaban J connectivity index is 2.33. The summed E-state index contributed by atoms with van der Waals surface area (Å²) >= 11 is 0. The van der Waals surface area contributed by atoms with Crippen molar-refractivity contribution in [3.63, 3.8) is 0 Å². The Bertz CT molecular complexity index is 430. The van der Waals surface area contributed by atoms with Crippen LogP contribution in [0.4, 0.5) is 0 Å². The topological polar surface area (TPSA) is 82.8 Å². The molecule has 0 saturated heterocycles. The van der Waals surface area contributed by atoms with E-state index in [1.165, 1.54) is 0 Å². The van der Waals surface area contributed by atoms with Crippen LogP contribution in [0.5, 0.6) is 0 Å². The molecule has 0 radical (unpaired) electrons. The van der Waals surface area contributed by atoms with E-state index in [0.29, 0.717) is 11.7 Å². The van der Waals surface area contributed by atoms with Gasteiger partial charge in [-0.25, -0.2) is 0 Å². The summed E-state index contributed by atoms with van der Waals surface area (Å²) in [5.41, 5.74) is 6.42. The van der Waals surface area contributed by atoms with Gasteiger partial charge in [0.15, 0.2) is 0 Å². The van der Waals surface area contributed by atoms with E-state index in [2.05, 4.69) is 15.2 Å². The van der Waals surface area contributed by atoms with Crippen LogP contribution in [-0.2, 0) is 7.05 Å². The molecule has 0 amide bonds. The van der Waals surface area contributed by atoms with Gasteiger partial charge < -0.3 is 10.3 Å². The second-order valence-electron chi connectivity index (χ2n) is 3.15. The molecule has 2 aromatic rings. The molecule has 6 nitrogen and oxygen atoms in total. The number of hydrogen-bond acceptors (Lipinski definition) is 5. The van der Waals surface area contributed by atoms with Crippen molar-refractivity contribution in [2.45, 2.75) is 13.0 Å². The second kappa shape index (κ2) is 3.22. The van der Waals surface area contributed by atoms with Crippen molar-refractivity contribution in [1.29, 1.82) is 0 Å². The van der Waals surface area contributed by atoms with Crippen molar-refractivity contribution in [3.8, 4) is 11.4 Å². The SMILES string of the molecule is C[C@H](N)c1nc(-c2cnn(C)c2)no1. The lowest BCUT2D eigenvalue weighted by Gasteiger charge is -1.92. The normalized spacial score (nSPS) is 13.1. The van der Waals surface area contributed by atoms with Gasteiger partial charge in [0, 0.05) is 13.2 Å². The summed E-state index contributed by atoms with van der Waals surface area (Å²) in [4.78, 5) is 4.14. The van der Waals surface area contributed by atoms with E-state index in [4.69, 9.17) is 10.3 Å². The Morgan fingerprint density at radius 1 is 1.57 bits per heavy atom. The lowest BCUT2D eigenvalue weighted by Crippen LogP contribution is -2.04. The van der Waals surface area contributed by atoms with Crippen molar-refractivity contribution >= 4 is 0 Å². The van der Waals surface area contributed by atoms with Crippen molar-refractivity contribution in [2.24, 2.45) is 12.8 Å². The monoisotopic (exact) mass is 193 g/mol. The molecule has 2 aromatic heterocycles. The van der Waals surface area contributed by atoms with Gasteiger partial charge in [0.25, 0.3) is 0 Å². The third-order valence-corrected chi connectivity index (χ3v) is 1.79. The Labute approximate surface area is 80.7 Å². The van der Waals surface area contributed by atoms with E-state index >= 15 is 0 Å². The van der Waals surface area contributed by atoms with Crippen molar-refractivity contribution in [1.82, 2.24) is 19.9 Å². The third-order valence-electron chi connectivity index (χ3n) is 1.79. The zero-order chi connectivity index (χ0) is 10.1. The fourth-order valence-electron chi connectivity index (χ4n) is 1.07. The molecular formula is C8H11N5O. The molecule has 0 aliphatic carbocycles. The first-order valence-electron chi connectivity index (χ1n) is 4.25. The molecule has 0 fully saturated rings. The van der Waals surface area contributed by atoms with E-state index in [-0.39, 0.29) is 6.04 Å². The number of hydrogen-bond donors (Lipinski definition) is 1. The minimum atomic E-state index is -0.243. The molecule has 0 aliphatic heterocycles. The predicted molar refractivity (Wildman–Crippen MR) is 49.1 cm³/mol. The predicted octanol–water partition coefficient (Wildman–Crippen LogP) is 0.490. The molecule has 0 aromatic carbocycles. The maximum absolute atomic E-state index is 5.59. The number of nitrogens with two attached hydrogens (primary N) is 1. The Hall–Kier alpha value is -1.69. The summed E-state index contributed by atoms with van der Waals surface area (Å²) < 4.78 is 6.64. The first-order chi connectivity index (χ1) is 6.66. The van der Waals surface area contributed by atoms with Crippen LogP contribution in [0.2, 0.25) is 0 Å². The molecule has 2 N–H and O–H groups in total. The summed E-state index contributed by atoms with van der Waals surface area (Å²) in [5, 5.41) is 7.81. The maximum Gasteiger partial charge on any atom is 0.243 e. The Morgan fingerprint density at radius 2 is 2.36 bits per heavy atom. The van der Waals surface area contributed by atoms with Gasteiger partial charge in [-0.2, -0.15) is 10.1 Å². The summed E-state index contributed by atoms with van der Waals surface area (Å²) in [7, 11) is 1.83. The van der Waals surface area contributed by atoms with E-state index in [0.717, 1.165) is 5.56 Å². The van der Waals surface area contributed by atoms with Crippen LogP contribution in [0.1, 0.15) is 18.9 Å². The summed E-state index contributed by atoms with van der Waals surface area (Å²) in [6.07, 6.45) is 3.49. The van der Waals surface area contributed by atoms with Crippen LogP contribution in [0, 0.1) is 0 Å². The summed E-state index contributed by atoms with van der Waals surface area (Å²) in [5.74, 6) is 0.953.